The number of rotatable bonds is 8. The van der Waals surface area contributed by atoms with Gasteiger partial charge in [-0.05, 0) is 6.42 Å². The van der Waals surface area contributed by atoms with Crippen molar-refractivity contribution in [1.29, 1.82) is 0 Å². The molecule has 0 aliphatic rings. The Morgan fingerprint density at radius 2 is 2.25 bits per heavy atom. The third kappa shape index (κ3) is 4.50. The maximum Gasteiger partial charge on any atom is 0.181 e. The van der Waals surface area contributed by atoms with E-state index in [1.54, 1.807) is 18.0 Å². The van der Waals surface area contributed by atoms with Gasteiger partial charge in [0, 0.05) is 27.2 Å². The lowest BCUT2D eigenvalue weighted by molar-refractivity contribution is 0.0957. The molecule has 0 saturated heterocycles. The minimum atomic E-state index is -0.0766. The molecule has 0 aliphatic heterocycles. The molecule has 0 N–H and O–H groups in total. The molecule has 6 heteroatoms. The van der Waals surface area contributed by atoms with Gasteiger partial charge in [0.05, 0.1) is 19.3 Å². The number of aromatic nitrogens is 3. The Labute approximate surface area is 94.5 Å². The Hall–Kier alpha value is -1.27. The molecular formula is C10H17N3O3. The fourth-order valence-electron chi connectivity index (χ4n) is 1.13. The first-order chi connectivity index (χ1) is 7.74. The summed E-state index contributed by atoms with van der Waals surface area (Å²) in [6.45, 7) is 4.01. The van der Waals surface area contributed by atoms with Crippen LogP contribution in [0.15, 0.2) is 6.20 Å². The summed E-state index contributed by atoms with van der Waals surface area (Å²) in [5, 5.41) is 7.54. The highest BCUT2D eigenvalue weighted by Gasteiger charge is 2.04. The summed E-state index contributed by atoms with van der Waals surface area (Å²) < 4.78 is 11.9. The van der Waals surface area contributed by atoms with Crippen LogP contribution in [-0.4, -0.2) is 47.7 Å². The van der Waals surface area contributed by atoms with Crippen molar-refractivity contribution < 1.29 is 14.3 Å². The van der Waals surface area contributed by atoms with Gasteiger partial charge in [-0.1, -0.05) is 5.21 Å². The molecule has 0 saturated carbocycles. The molecule has 16 heavy (non-hydrogen) atoms. The van der Waals surface area contributed by atoms with Crippen molar-refractivity contribution >= 4 is 5.78 Å². The number of ether oxygens (including phenoxy) is 2. The Kier molecular flexibility index (Phi) is 5.66. The molecule has 0 radical (unpaired) electrons. The van der Waals surface area contributed by atoms with Gasteiger partial charge in [-0.2, -0.15) is 0 Å². The van der Waals surface area contributed by atoms with Gasteiger partial charge in [-0.3, -0.25) is 4.79 Å². The molecule has 0 fully saturated rings. The van der Waals surface area contributed by atoms with Crippen LogP contribution in [-0.2, 0) is 16.0 Å². The van der Waals surface area contributed by atoms with Crippen LogP contribution in [0.5, 0.6) is 0 Å². The van der Waals surface area contributed by atoms with Crippen LogP contribution in [0.4, 0.5) is 0 Å². The van der Waals surface area contributed by atoms with Gasteiger partial charge in [0.2, 0.25) is 0 Å². The van der Waals surface area contributed by atoms with Gasteiger partial charge < -0.3 is 9.47 Å². The Balaban J connectivity index is 2.14. The SMILES string of the molecule is COCCCOCCn1cc(C(C)=O)nn1. The lowest BCUT2D eigenvalue weighted by Gasteiger charge is -2.03. The normalized spacial score (nSPS) is 10.6. The van der Waals surface area contributed by atoms with E-state index in [4.69, 9.17) is 9.47 Å². The van der Waals surface area contributed by atoms with Crippen molar-refractivity contribution in [2.45, 2.75) is 19.9 Å². The average molecular weight is 227 g/mol. The van der Waals surface area contributed by atoms with E-state index in [2.05, 4.69) is 10.3 Å². The molecule has 0 unspecified atom stereocenters. The number of carbonyl (C=O) groups is 1. The summed E-state index contributed by atoms with van der Waals surface area (Å²) in [6.07, 6.45) is 2.51. The lowest BCUT2D eigenvalue weighted by Crippen LogP contribution is -2.08. The van der Waals surface area contributed by atoms with E-state index >= 15 is 0 Å². The third-order valence-corrected chi connectivity index (χ3v) is 2.00. The molecular weight excluding hydrogens is 210 g/mol. The quantitative estimate of drug-likeness (QED) is 0.479. The largest absolute Gasteiger partial charge is 0.385 e. The zero-order valence-electron chi connectivity index (χ0n) is 9.68. The highest BCUT2D eigenvalue weighted by molar-refractivity contribution is 5.91. The van der Waals surface area contributed by atoms with Gasteiger partial charge in [0.15, 0.2) is 5.78 Å². The molecule has 1 heterocycles. The number of methoxy groups -OCH3 is 1. The first kappa shape index (κ1) is 12.8. The summed E-state index contributed by atoms with van der Waals surface area (Å²) in [6, 6.07) is 0. The topological polar surface area (TPSA) is 66.2 Å². The van der Waals surface area contributed by atoms with Gasteiger partial charge in [-0.25, -0.2) is 4.68 Å². The molecule has 1 aromatic rings. The second-order valence-corrected chi connectivity index (χ2v) is 3.38. The Morgan fingerprint density at radius 1 is 1.44 bits per heavy atom. The van der Waals surface area contributed by atoms with Gasteiger partial charge >= 0.3 is 0 Å². The fourth-order valence-corrected chi connectivity index (χ4v) is 1.13. The zero-order chi connectivity index (χ0) is 11.8. The van der Waals surface area contributed by atoms with E-state index in [1.165, 1.54) is 6.92 Å². The van der Waals surface area contributed by atoms with E-state index < -0.39 is 0 Å². The molecule has 0 bridgehead atoms. The van der Waals surface area contributed by atoms with Crippen LogP contribution in [0.1, 0.15) is 23.8 Å². The van der Waals surface area contributed by atoms with Crippen molar-refractivity contribution in [2.24, 2.45) is 0 Å². The van der Waals surface area contributed by atoms with Gasteiger partial charge in [-0.15, -0.1) is 5.10 Å². The molecule has 0 amide bonds. The van der Waals surface area contributed by atoms with Crippen LogP contribution in [0.3, 0.4) is 0 Å². The minimum absolute atomic E-state index is 0.0766. The number of hydrogen-bond acceptors (Lipinski definition) is 5. The van der Waals surface area contributed by atoms with Crippen molar-refractivity contribution in [1.82, 2.24) is 15.0 Å². The predicted molar refractivity (Wildman–Crippen MR) is 57.3 cm³/mol. The van der Waals surface area contributed by atoms with Crippen molar-refractivity contribution in [2.75, 3.05) is 26.9 Å². The van der Waals surface area contributed by atoms with Crippen LogP contribution in [0.2, 0.25) is 0 Å². The Morgan fingerprint density at radius 3 is 2.88 bits per heavy atom. The van der Waals surface area contributed by atoms with E-state index in [-0.39, 0.29) is 5.78 Å². The highest BCUT2D eigenvalue weighted by Crippen LogP contribution is 1.94. The molecule has 0 aromatic carbocycles. The van der Waals surface area contributed by atoms with Gasteiger partial charge in [0.1, 0.15) is 5.69 Å². The number of ketones is 1. The van der Waals surface area contributed by atoms with Crippen LogP contribution in [0, 0.1) is 0 Å². The third-order valence-electron chi connectivity index (χ3n) is 2.00. The predicted octanol–water partition coefficient (Wildman–Crippen LogP) is 0.534. The molecule has 0 aliphatic carbocycles. The molecule has 1 rings (SSSR count). The highest BCUT2D eigenvalue weighted by atomic mass is 16.5. The van der Waals surface area contributed by atoms with Crippen molar-refractivity contribution in [3.05, 3.63) is 11.9 Å². The first-order valence-corrected chi connectivity index (χ1v) is 5.22. The smallest absolute Gasteiger partial charge is 0.181 e. The molecule has 6 nitrogen and oxygen atoms in total. The van der Waals surface area contributed by atoms with E-state index in [1.807, 2.05) is 0 Å². The molecule has 0 spiro atoms. The average Bonchev–Trinajstić information content (AvgIpc) is 2.72. The first-order valence-electron chi connectivity index (χ1n) is 5.22. The van der Waals surface area contributed by atoms with Crippen molar-refractivity contribution in [3.8, 4) is 0 Å². The maximum atomic E-state index is 10.9. The Bertz CT molecular complexity index is 325. The molecule has 0 atom stereocenters. The summed E-state index contributed by atoms with van der Waals surface area (Å²) in [5.41, 5.74) is 0.388. The van der Waals surface area contributed by atoms with Crippen LogP contribution in [0.25, 0.3) is 0 Å². The lowest BCUT2D eigenvalue weighted by atomic mass is 10.3. The number of nitrogens with zero attached hydrogens (tertiary/aromatic N) is 3. The second-order valence-electron chi connectivity index (χ2n) is 3.38. The monoisotopic (exact) mass is 227 g/mol. The molecule has 1 aromatic heterocycles. The number of Topliss-reactive ketones (excluding diaryl/α,β-unsaturated/α-hetero) is 1. The summed E-state index contributed by atoms with van der Waals surface area (Å²) in [4.78, 5) is 10.9. The van der Waals surface area contributed by atoms with E-state index in [9.17, 15) is 4.79 Å². The van der Waals surface area contributed by atoms with Gasteiger partial charge in [0.25, 0.3) is 0 Å². The van der Waals surface area contributed by atoms with Crippen molar-refractivity contribution in [3.63, 3.8) is 0 Å². The fraction of sp³-hybridized carbons (Fsp3) is 0.700. The number of carbonyl (C=O) groups excluding carboxylic acids is 1. The van der Waals surface area contributed by atoms with E-state index in [0.29, 0.717) is 32.1 Å². The number of hydrogen-bond donors (Lipinski definition) is 0. The minimum Gasteiger partial charge on any atom is -0.385 e. The summed E-state index contributed by atoms with van der Waals surface area (Å²) in [5.74, 6) is -0.0766. The summed E-state index contributed by atoms with van der Waals surface area (Å²) >= 11 is 0. The standard InChI is InChI=1S/C10H17N3O3/c1-9(14)10-8-13(12-11-10)4-7-16-6-3-5-15-2/h8H,3-7H2,1-2H3. The maximum absolute atomic E-state index is 10.9. The summed E-state index contributed by atoms with van der Waals surface area (Å²) in [7, 11) is 1.67. The van der Waals surface area contributed by atoms with Crippen LogP contribution >= 0.6 is 0 Å². The zero-order valence-corrected chi connectivity index (χ0v) is 9.68. The molecule has 90 valence electrons. The second kappa shape index (κ2) is 7.08. The van der Waals surface area contributed by atoms with Crippen LogP contribution < -0.4 is 0 Å². The van der Waals surface area contributed by atoms with E-state index in [0.717, 1.165) is 6.42 Å².